The van der Waals surface area contributed by atoms with E-state index < -0.39 is 0 Å². The first kappa shape index (κ1) is 8.52. The fourth-order valence-corrected chi connectivity index (χ4v) is 2.14. The number of aromatic amines is 1. The number of rotatable bonds is 1. The number of halogens is 1. The molecule has 13 heavy (non-hydrogen) atoms. The molecule has 0 atom stereocenters. The minimum absolute atomic E-state index is 0.362. The third-order valence-corrected chi connectivity index (χ3v) is 2.89. The van der Waals surface area contributed by atoms with E-state index in [-0.39, 0.29) is 5.97 Å². The predicted octanol–water partition coefficient (Wildman–Crippen LogP) is 2.06. The average molecular weight is 217 g/mol. The Hall–Kier alpha value is -1.07. The molecule has 2 aromatic heterocycles. The van der Waals surface area contributed by atoms with Gasteiger partial charge in [0, 0.05) is 0 Å². The zero-order chi connectivity index (χ0) is 9.42. The Morgan fingerprint density at radius 3 is 3.15 bits per heavy atom. The standard InChI is InChI=1S/C7H5ClN2O2S/c1-12-7(11)4-2-3-5(8)9-10-6(3)13-4/h2H,1H3,(H,9,10). The number of methoxy groups -OCH3 is 1. The molecule has 1 N–H and O–H groups in total. The van der Waals surface area contributed by atoms with Crippen LogP contribution in [0.2, 0.25) is 5.15 Å². The normalized spacial score (nSPS) is 10.6. The number of hydrogen-bond donors (Lipinski definition) is 1. The van der Waals surface area contributed by atoms with Gasteiger partial charge in [-0.1, -0.05) is 11.6 Å². The monoisotopic (exact) mass is 216 g/mol. The number of esters is 1. The number of fused-ring (bicyclic) bond motifs is 1. The highest BCUT2D eigenvalue weighted by molar-refractivity contribution is 7.20. The van der Waals surface area contributed by atoms with E-state index in [1.54, 1.807) is 6.07 Å². The lowest BCUT2D eigenvalue weighted by Gasteiger charge is -1.90. The summed E-state index contributed by atoms with van der Waals surface area (Å²) < 4.78 is 4.57. The molecule has 0 radical (unpaired) electrons. The summed E-state index contributed by atoms with van der Waals surface area (Å²) in [4.78, 5) is 12.3. The number of hydrogen-bond acceptors (Lipinski definition) is 4. The van der Waals surface area contributed by atoms with Gasteiger partial charge in [0.1, 0.15) is 14.9 Å². The summed E-state index contributed by atoms with van der Waals surface area (Å²) in [5.41, 5.74) is 0. The third-order valence-electron chi connectivity index (χ3n) is 1.59. The van der Waals surface area contributed by atoms with Crippen LogP contribution in [-0.4, -0.2) is 23.3 Å². The molecular formula is C7H5ClN2O2S. The maximum absolute atomic E-state index is 11.1. The van der Waals surface area contributed by atoms with Crippen molar-refractivity contribution in [1.29, 1.82) is 0 Å². The second kappa shape index (κ2) is 3.01. The number of H-pyrrole nitrogens is 1. The van der Waals surface area contributed by atoms with E-state index in [0.717, 1.165) is 5.39 Å². The Balaban J connectivity index is 2.56. The molecule has 0 aliphatic heterocycles. The maximum atomic E-state index is 11.1. The van der Waals surface area contributed by atoms with E-state index in [1.165, 1.54) is 18.4 Å². The largest absolute Gasteiger partial charge is 0.465 e. The first-order valence-corrected chi connectivity index (χ1v) is 4.63. The minimum Gasteiger partial charge on any atom is -0.465 e. The first-order valence-electron chi connectivity index (χ1n) is 3.44. The number of thiophene rings is 1. The SMILES string of the molecule is COC(=O)c1cc2c(Cl)[nH]nc2s1. The molecule has 0 fully saturated rings. The van der Waals surface area contributed by atoms with Crippen LogP contribution >= 0.6 is 22.9 Å². The highest BCUT2D eigenvalue weighted by atomic mass is 35.5. The molecule has 0 amide bonds. The Morgan fingerprint density at radius 1 is 1.77 bits per heavy atom. The van der Waals surface area contributed by atoms with Gasteiger partial charge < -0.3 is 4.74 Å². The molecule has 0 saturated heterocycles. The molecule has 68 valence electrons. The van der Waals surface area contributed by atoms with Gasteiger partial charge >= 0.3 is 5.97 Å². The zero-order valence-electron chi connectivity index (χ0n) is 6.63. The first-order chi connectivity index (χ1) is 6.22. The smallest absolute Gasteiger partial charge is 0.348 e. The fourth-order valence-electron chi connectivity index (χ4n) is 0.983. The Labute approximate surface area is 82.5 Å². The van der Waals surface area contributed by atoms with Gasteiger partial charge in [-0.05, 0) is 6.07 Å². The van der Waals surface area contributed by atoms with Crippen molar-refractivity contribution in [2.45, 2.75) is 0 Å². The third kappa shape index (κ3) is 1.30. The molecule has 2 aromatic rings. The number of ether oxygens (including phenoxy) is 1. The van der Waals surface area contributed by atoms with Gasteiger partial charge in [-0.2, -0.15) is 5.10 Å². The van der Waals surface area contributed by atoms with Crippen LogP contribution in [0, 0.1) is 0 Å². The molecule has 2 rings (SSSR count). The summed E-state index contributed by atoms with van der Waals surface area (Å²) >= 11 is 7.02. The van der Waals surface area contributed by atoms with E-state index in [1.807, 2.05) is 0 Å². The van der Waals surface area contributed by atoms with Crippen LogP contribution < -0.4 is 0 Å². The fraction of sp³-hybridized carbons (Fsp3) is 0.143. The summed E-state index contributed by atoms with van der Waals surface area (Å²) in [7, 11) is 1.34. The minimum atomic E-state index is -0.362. The number of carbonyl (C=O) groups excluding carboxylic acids is 1. The molecule has 0 aliphatic carbocycles. The molecule has 6 heteroatoms. The van der Waals surface area contributed by atoms with Crippen LogP contribution in [0.25, 0.3) is 10.2 Å². The van der Waals surface area contributed by atoms with Gasteiger partial charge in [0.2, 0.25) is 0 Å². The van der Waals surface area contributed by atoms with Crippen molar-refractivity contribution in [3.63, 3.8) is 0 Å². The van der Waals surface area contributed by atoms with Gasteiger partial charge in [-0.3, -0.25) is 5.10 Å². The lowest BCUT2D eigenvalue weighted by Crippen LogP contribution is -1.96. The molecule has 4 nitrogen and oxygen atoms in total. The second-order valence-corrected chi connectivity index (χ2v) is 3.77. The number of carbonyl (C=O) groups is 1. The number of nitrogens with zero attached hydrogens (tertiary/aromatic N) is 1. The van der Waals surface area contributed by atoms with E-state index in [2.05, 4.69) is 14.9 Å². The Bertz CT molecular complexity index is 462. The van der Waals surface area contributed by atoms with Gasteiger partial charge in [-0.15, -0.1) is 11.3 Å². The molecule has 0 aromatic carbocycles. The lowest BCUT2D eigenvalue weighted by atomic mass is 10.4. The van der Waals surface area contributed by atoms with E-state index in [0.29, 0.717) is 14.9 Å². The van der Waals surface area contributed by atoms with E-state index in [4.69, 9.17) is 11.6 Å². The summed E-state index contributed by atoms with van der Waals surface area (Å²) in [6.07, 6.45) is 0. The predicted molar refractivity (Wildman–Crippen MR) is 50.3 cm³/mol. The average Bonchev–Trinajstić information content (AvgIpc) is 2.67. The van der Waals surface area contributed by atoms with E-state index in [9.17, 15) is 4.79 Å². The van der Waals surface area contributed by atoms with Crippen molar-refractivity contribution in [2.24, 2.45) is 0 Å². The number of aromatic nitrogens is 2. The van der Waals surface area contributed by atoms with Gasteiger partial charge in [0.15, 0.2) is 0 Å². The molecular weight excluding hydrogens is 212 g/mol. The van der Waals surface area contributed by atoms with Gasteiger partial charge in [0.05, 0.1) is 12.5 Å². The quantitative estimate of drug-likeness (QED) is 0.743. The van der Waals surface area contributed by atoms with Crippen molar-refractivity contribution in [3.05, 3.63) is 16.1 Å². The van der Waals surface area contributed by atoms with Crippen LogP contribution in [-0.2, 0) is 4.74 Å². The van der Waals surface area contributed by atoms with Crippen LogP contribution in [0.5, 0.6) is 0 Å². The van der Waals surface area contributed by atoms with Gasteiger partial charge in [0.25, 0.3) is 0 Å². The summed E-state index contributed by atoms with van der Waals surface area (Å²) in [6, 6.07) is 1.66. The molecule has 0 spiro atoms. The molecule has 0 saturated carbocycles. The van der Waals surface area contributed by atoms with Crippen molar-refractivity contribution >= 4 is 39.1 Å². The maximum Gasteiger partial charge on any atom is 0.348 e. The molecule has 0 unspecified atom stereocenters. The van der Waals surface area contributed by atoms with Crippen molar-refractivity contribution < 1.29 is 9.53 Å². The highest BCUT2D eigenvalue weighted by Crippen LogP contribution is 2.28. The summed E-state index contributed by atoms with van der Waals surface area (Å²) in [6.45, 7) is 0. The van der Waals surface area contributed by atoms with Crippen molar-refractivity contribution in [3.8, 4) is 0 Å². The van der Waals surface area contributed by atoms with Crippen LogP contribution in [0.3, 0.4) is 0 Å². The van der Waals surface area contributed by atoms with Gasteiger partial charge in [-0.25, -0.2) is 4.79 Å². The molecule has 0 aliphatic rings. The van der Waals surface area contributed by atoms with Crippen LogP contribution in [0.1, 0.15) is 9.67 Å². The second-order valence-electron chi connectivity index (χ2n) is 2.36. The Kier molecular flexibility index (Phi) is 1.97. The summed E-state index contributed by atoms with van der Waals surface area (Å²) in [5, 5.41) is 7.73. The van der Waals surface area contributed by atoms with E-state index >= 15 is 0 Å². The molecule has 2 heterocycles. The Morgan fingerprint density at radius 2 is 2.54 bits per heavy atom. The number of nitrogens with one attached hydrogen (secondary N) is 1. The zero-order valence-corrected chi connectivity index (χ0v) is 8.20. The van der Waals surface area contributed by atoms with Crippen LogP contribution in [0.15, 0.2) is 6.07 Å². The lowest BCUT2D eigenvalue weighted by molar-refractivity contribution is 0.0606. The highest BCUT2D eigenvalue weighted by Gasteiger charge is 2.13. The van der Waals surface area contributed by atoms with Crippen molar-refractivity contribution in [1.82, 2.24) is 10.2 Å². The van der Waals surface area contributed by atoms with Crippen LogP contribution in [0.4, 0.5) is 0 Å². The van der Waals surface area contributed by atoms with Crippen molar-refractivity contribution in [2.75, 3.05) is 7.11 Å². The topological polar surface area (TPSA) is 55.0 Å². The molecule has 0 bridgehead atoms. The summed E-state index contributed by atoms with van der Waals surface area (Å²) in [5.74, 6) is -0.362.